The average Bonchev–Trinajstić information content (AvgIpc) is 2.21. The van der Waals surface area contributed by atoms with E-state index in [1.165, 1.54) is 6.92 Å². The van der Waals surface area contributed by atoms with Gasteiger partial charge in [-0.25, -0.2) is 4.39 Å². The first-order chi connectivity index (χ1) is 7.45. The predicted molar refractivity (Wildman–Crippen MR) is 60.1 cm³/mol. The van der Waals surface area contributed by atoms with Gasteiger partial charge in [-0.05, 0) is 19.4 Å². The monoisotopic (exact) mass is 225 g/mol. The van der Waals surface area contributed by atoms with Crippen LogP contribution in [0.25, 0.3) is 0 Å². The molecule has 0 fully saturated rings. The van der Waals surface area contributed by atoms with Gasteiger partial charge in [-0.3, -0.25) is 4.79 Å². The van der Waals surface area contributed by atoms with Crippen molar-refractivity contribution in [3.63, 3.8) is 0 Å². The third-order valence-corrected chi connectivity index (χ3v) is 2.95. The van der Waals surface area contributed by atoms with Crippen LogP contribution in [-0.2, 0) is 10.2 Å². The minimum atomic E-state index is -1.65. The van der Waals surface area contributed by atoms with E-state index in [9.17, 15) is 14.3 Å². The predicted octanol–water partition coefficient (Wildman–Crippen LogP) is 1.63. The molecule has 0 saturated carbocycles. The highest BCUT2D eigenvalue weighted by Gasteiger charge is 2.45. The van der Waals surface area contributed by atoms with Crippen LogP contribution in [0.2, 0.25) is 0 Å². The molecular formula is C12H16FNO2. The van der Waals surface area contributed by atoms with Crippen LogP contribution in [0, 0.1) is 6.92 Å². The summed E-state index contributed by atoms with van der Waals surface area (Å²) >= 11 is 0. The first-order valence-corrected chi connectivity index (χ1v) is 5.10. The molecule has 0 amide bonds. The standard InChI is InChI=1S/C12H16FNO2/c1-8-3-5-10(6-4-8)12(7-14,9(2)13)11(15)16/h3-6,9H,7,14H2,1-2H3,(H,15,16). The number of carbonyl (C=O) groups is 1. The number of hydrogen-bond donors (Lipinski definition) is 2. The number of carboxylic acids is 1. The van der Waals surface area contributed by atoms with Gasteiger partial charge < -0.3 is 10.8 Å². The summed E-state index contributed by atoms with van der Waals surface area (Å²) < 4.78 is 13.6. The fraction of sp³-hybridized carbons (Fsp3) is 0.417. The van der Waals surface area contributed by atoms with Crippen molar-refractivity contribution in [1.29, 1.82) is 0 Å². The van der Waals surface area contributed by atoms with Gasteiger partial charge in [0.1, 0.15) is 11.6 Å². The Morgan fingerprint density at radius 3 is 2.31 bits per heavy atom. The van der Waals surface area contributed by atoms with Crippen LogP contribution in [0.1, 0.15) is 18.1 Å². The number of rotatable bonds is 4. The topological polar surface area (TPSA) is 63.3 Å². The summed E-state index contributed by atoms with van der Waals surface area (Å²) in [5, 5.41) is 9.20. The zero-order valence-electron chi connectivity index (χ0n) is 9.40. The second kappa shape index (κ2) is 4.61. The van der Waals surface area contributed by atoms with E-state index in [0.717, 1.165) is 5.56 Å². The largest absolute Gasteiger partial charge is 0.480 e. The van der Waals surface area contributed by atoms with Gasteiger partial charge >= 0.3 is 5.97 Å². The maximum Gasteiger partial charge on any atom is 0.318 e. The minimum absolute atomic E-state index is 0.261. The van der Waals surface area contributed by atoms with Crippen LogP contribution < -0.4 is 5.73 Å². The van der Waals surface area contributed by atoms with Crippen LogP contribution in [0.4, 0.5) is 4.39 Å². The second-order valence-electron chi connectivity index (χ2n) is 3.96. The molecule has 4 heteroatoms. The average molecular weight is 225 g/mol. The van der Waals surface area contributed by atoms with Crippen molar-refractivity contribution in [1.82, 2.24) is 0 Å². The highest BCUT2D eigenvalue weighted by molar-refractivity contribution is 5.82. The maximum atomic E-state index is 13.6. The first-order valence-electron chi connectivity index (χ1n) is 5.10. The number of aliphatic carboxylic acids is 1. The Morgan fingerprint density at radius 1 is 1.50 bits per heavy atom. The lowest BCUT2D eigenvalue weighted by molar-refractivity contribution is -0.146. The molecule has 2 unspecified atom stereocenters. The van der Waals surface area contributed by atoms with E-state index in [4.69, 9.17) is 5.73 Å². The Bertz CT molecular complexity index is 375. The number of aryl methyl sites for hydroxylation is 1. The van der Waals surface area contributed by atoms with Gasteiger partial charge in [0, 0.05) is 6.54 Å². The molecule has 0 spiro atoms. The second-order valence-corrected chi connectivity index (χ2v) is 3.96. The van der Waals surface area contributed by atoms with Crippen LogP contribution >= 0.6 is 0 Å². The van der Waals surface area contributed by atoms with Gasteiger partial charge in [0.25, 0.3) is 0 Å². The number of alkyl halides is 1. The van der Waals surface area contributed by atoms with Gasteiger partial charge in [0.05, 0.1) is 0 Å². The number of hydrogen-bond acceptors (Lipinski definition) is 2. The van der Waals surface area contributed by atoms with Gasteiger partial charge in [0.15, 0.2) is 0 Å². The van der Waals surface area contributed by atoms with Crippen molar-refractivity contribution >= 4 is 5.97 Å². The van der Waals surface area contributed by atoms with E-state index >= 15 is 0 Å². The number of halogens is 1. The Labute approximate surface area is 94.1 Å². The Kier molecular flexibility index (Phi) is 3.65. The smallest absolute Gasteiger partial charge is 0.318 e. The Morgan fingerprint density at radius 2 is 2.00 bits per heavy atom. The molecule has 0 heterocycles. The summed E-state index contributed by atoms with van der Waals surface area (Å²) in [6.07, 6.45) is -1.54. The zero-order valence-corrected chi connectivity index (χ0v) is 9.40. The molecule has 1 rings (SSSR count). The van der Waals surface area contributed by atoms with Gasteiger partial charge in [0.2, 0.25) is 0 Å². The lowest BCUT2D eigenvalue weighted by Crippen LogP contribution is -2.49. The van der Waals surface area contributed by atoms with Crippen molar-refractivity contribution < 1.29 is 14.3 Å². The Balaban J connectivity index is 3.30. The van der Waals surface area contributed by atoms with Crippen molar-refractivity contribution in [2.24, 2.45) is 5.73 Å². The van der Waals surface area contributed by atoms with Gasteiger partial charge in [-0.2, -0.15) is 0 Å². The van der Waals surface area contributed by atoms with Crippen molar-refractivity contribution in [3.8, 4) is 0 Å². The Hall–Kier alpha value is -1.42. The lowest BCUT2D eigenvalue weighted by atomic mass is 9.76. The third kappa shape index (κ3) is 1.93. The number of nitrogens with two attached hydrogens (primary N) is 1. The zero-order chi connectivity index (χ0) is 12.3. The number of benzene rings is 1. The minimum Gasteiger partial charge on any atom is -0.480 e. The van der Waals surface area contributed by atoms with E-state index in [-0.39, 0.29) is 6.54 Å². The molecule has 0 bridgehead atoms. The van der Waals surface area contributed by atoms with Gasteiger partial charge in [-0.1, -0.05) is 29.8 Å². The highest BCUT2D eigenvalue weighted by atomic mass is 19.1. The molecule has 88 valence electrons. The van der Waals surface area contributed by atoms with E-state index in [1.54, 1.807) is 24.3 Å². The summed E-state index contributed by atoms with van der Waals surface area (Å²) in [4.78, 5) is 11.3. The normalized spacial score (nSPS) is 16.5. The fourth-order valence-electron chi connectivity index (χ4n) is 1.74. The van der Waals surface area contributed by atoms with E-state index in [1.807, 2.05) is 6.92 Å². The fourth-order valence-corrected chi connectivity index (χ4v) is 1.74. The van der Waals surface area contributed by atoms with Crippen molar-refractivity contribution in [3.05, 3.63) is 35.4 Å². The highest BCUT2D eigenvalue weighted by Crippen LogP contribution is 2.30. The summed E-state index contributed by atoms with van der Waals surface area (Å²) in [5.41, 5.74) is 5.21. The van der Waals surface area contributed by atoms with E-state index in [2.05, 4.69) is 0 Å². The molecule has 0 aromatic heterocycles. The van der Waals surface area contributed by atoms with Crippen LogP contribution in [-0.4, -0.2) is 23.8 Å². The molecule has 3 N–H and O–H groups in total. The molecule has 2 atom stereocenters. The molecule has 1 aromatic rings. The number of carboxylic acid groups (broad SMARTS) is 1. The SMILES string of the molecule is Cc1ccc(C(CN)(C(=O)O)C(C)F)cc1. The molecule has 1 aromatic carbocycles. The van der Waals surface area contributed by atoms with Crippen LogP contribution in [0.3, 0.4) is 0 Å². The molecule has 0 radical (unpaired) electrons. The molecule has 0 aliphatic rings. The van der Waals surface area contributed by atoms with Crippen molar-refractivity contribution in [2.45, 2.75) is 25.4 Å². The molecule has 0 aliphatic heterocycles. The molecular weight excluding hydrogens is 209 g/mol. The first kappa shape index (κ1) is 12.6. The summed E-state index contributed by atoms with van der Waals surface area (Å²) in [6, 6.07) is 6.74. The molecule has 16 heavy (non-hydrogen) atoms. The quantitative estimate of drug-likeness (QED) is 0.818. The van der Waals surface area contributed by atoms with Crippen LogP contribution in [0.15, 0.2) is 24.3 Å². The van der Waals surface area contributed by atoms with Crippen LogP contribution in [0.5, 0.6) is 0 Å². The summed E-state index contributed by atoms with van der Waals surface area (Å²) in [5.74, 6) is -1.23. The summed E-state index contributed by atoms with van der Waals surface area (Å²) in [6.45, 7) is 2.84. The van der Waals surface area contributed by atoms with E-state index < -0.39 is 17.6 Å². The molecule has 3 nitrogen and oxygen atoms in total. The van der Waals surface area contributed by atoms with Gasteiger partial charge in [-0.15, -0.1) is 0 Å². The van der Waals surface area contributed by atoms with Crippen molar-refractivity contribution in [2.75, 3.05) is 6.54 Å². The molecule has 0 aliphatic carbocycles. The summed E-state index contributed by atoms with van der Waals surface area (Å²) in [7, 11) is 0. The third-order valence-electron chi connectivity index (χ3n) is 2.95. The lowest BCUT2D eigenvalue weighted by Gasteiger charge is -2.30. The molecule has 0 saturated heterocycles. The maximum absolute atomic E-state index is 13.6. The van der Waals surface area contributed by atoms with E-state index in [0.29, 0.717) is 5.56 Å².